The van der Waals surface area contributed by atoms with Gasteiger partial charge in [-0.25, -0.2) is 0 Å². The van der Waals surface area contributed by atoms with Crippen LogP contribution in [0.15, 0.2) is 30.3 Å². The normalized spacial score (nSPS) is 13.3. The van der Waals surface area contributed by atoms with Crippen molar-refractivity contribution in [3.05, 3.63) is 58.3 Å². The predicted molar refractivity (Wildman–Crippen MR) is 128 cm³/mol. The molecule has 172 valence electrons. The number of fused-ring (bicyclic) bond motifs is 1. The Morgan fingerprint density at radius 1 is 1.15 bits per heavy atom. The molecular weight excluding hydrogens is 418 g/mol. The van der Waals surface area contributed by atoms with Gasteiger partial charge in [-0.05, 0) is 61.2 Å². The van der Waals surface area contributed by atoms with Gasteiger partial charge in [0.2, 0.25) is 5.95 Å². The molecule has 3 aromatic rings. The number of rotatable bonds is 7. The Kier molecular flexibility index (Phi) is 6.41. The minimum atomic E-state index is -0.707. The van der Waals surface area contributed by atoms with Gasteiger partial charge in [0, 0.05) is 18.8 Å². The standard InChI is InChI=1S/C24H29N7O2/c1-5-31-10-9-16-12-19(33-4)18(11-17(16)13-31)26-24-28-23(21(22(25)32)29-30-24)27-20-14(2)7-6-8-15(20)3/h6-8,11-12H,5,9-10,13H2,1-4H3,(H2,25,32)(H2,26,27,28,30). The van der Waals surface area contributed by atoms with Crippen LogP contribution >= 0.6 is 0 Å². The van der Waals surface area contributed by atoms with Crippen molar-refractivity contribution in [1.82, 2.24) is 20.1 Å². The first-order chi connectivity index (χ1) is 15.9. The molecule has 0 saturated heterocycles. The molecule has 0 spiro atoms. The van der Waals surface area contributed by atoms with E-state index in [1.807, 2.05) is 32.0 Å². The number of nitrogens with two attached hydrogens (primary N) is 1. The molecular formula is C24H29N7O2. The molecule has 0 unspecified atom stereocenters. The molecule has 0 fully saturated rings. The molecule has 1 aliphatic heterocycles. The number of hydrogen-bond donors (Lipinski definition) is 3. The quantitative estimate of drug-likeness (QED) is 0.504. The van der Waals surface area contributed by atoms with E-state index in [2.05, 4.69) is 49.8 Å². The van der Waals surface area contributed by atoms with E-state index in [1.54, 1.807) is 7.11 Å². The van der Waals surface area contributed by atoms with E-state index in [9.17, 15) is 4.79 Å². The first-order valence-corrected chi connectivity index (χ1v) is 11.0. The lowest BCUT2D eigenvalue weighted by molar-refractivity contribution is 0.0995. The van der Waals surface area contributed by atoms with Gasteiger partial charge < -0.3 is 21.1 Å². The monoisotopic (exact) mass is 447 g/mol. The highest BCUT2D eigenvalue weighted by Crippen LogP contribution is 2.33. The molecule has 2 aromatic carbocycles. The summed E-state index contributed by atoms with van der Waals surface area (Å²) in [5.41, 5.74) is 11.6. The van der Waals surface area contributed by atoms with Gasteiger partial charge in [-0.2, -0.15) is 4.98 Å². The van der Waals surface area contributed by atoms with Crippen molar-refractivity contribution in [1.29, 1.82) is 0 Å². The molecule has 9 heteroatoms. The minimum absolute atomic E-state index is 0.0285. The molecule has 4 N–H and O–H groups in total. The van der Waals surface area contributed by atoms with Gasteiger partial charge in [0.25, 0.3) is 5.91 Å². The number of primary amides is 1. The molecule has 1 amide bonds. The molecule has 0 radical (unpaired) electrons. The number of ether oxygens (including phenoxy) is 1. The van der Waals surface area contributed by atoms with E-state index < -0.39 is 5.91 Å². The zero-order chi connectivity index (χ0) is 23.5. The third-order valence-electron chi connectivity index (χ3n) is 5.95. The number of anilines is 4. The molecule has 0 bridgehead atoms. The summed E-state index contributed by atoms with van der Waals surface area (Å²) < 4.78 is 5.61. The van der Waals surface area contributed by atoms with E-state index in [0.29, 0.717) is 5.75 Å². The van der Waals surface area contributed by atoms with Crippen molar-refractivity contribution >= 4 is 29.0 Å². The van der Waals surface area contributed by atoms with Crippen molar-refractivity contribution in [2.24, 2.45) is 5.73 Å². The van der Waals surface area contributed by atoms with Crippen molar-refractivity contribution in [3.63, 3.8) is 0 Å². The number of aryl methyl sites for hydroxylation is 2. The first kappa shape index (κ1) is 22.5. The van der Waals surface area contributed by atoms with Crippen LogP contribution in [0.3, 0.4) is 0 Å². The smallest absolute Gasteiger partial charge is 0.273 e. The second kappa shape index (κ2) is 9.41. The van der Waals surface area contributed by atoms with Crippen LogP contribution in [-0.2, 0) is 13.0 Å². The predicted octanol–water partition coefficient (Wildman–Crippen LogP) is 3.46. The fraction of sp³-hybridized carbons (Fsp3) is 0.333. The molecule has 9 nitrogen and oxygen atoms in total. The largest absolute Gasteiger partial charge is 0.495 e. The maximum absolute atomic E-state index is 12.0. The summed E-state index contributed by atoms with van der Waals surface area (Å²) in [5, 5.41) is 14.5. The Morgan fingerprint density at radius 3 is 2.58 bits per heavy atom. The first-order valence-electron chi connectivity index (χ1n) is 11.0. The van der Waals surface area contributed by atoms with Crippen molar-refractivity contribution in [2.45, 2.75) is 33.7 Å². The molecule has 0 saturated carbocycles. The number of benzene rings is 2. The van der Waals surface area contributed by atoms with Gasteiger partial charge in [0.15, 0.2) is 11.5 Å². The van der Waals surface area contributed by atoms with Crippen LogP contribution in [0.2, 0.25) is 0 Å². The maximum Gasteiger partial charge on any atom is 0.273 e. The highest BCUT2D eigenvalue weighted by Gasteiger charge is 2.20. The summed E-state index contributed by atoms with van der Waals surface area (Å²) in [6, 6.07) is 10.1. The van der Waals surface area contributed by atoms with E-state index in [1.165, 1.54) is 11.1 Å². The number of para-hydroxylation sites is 1. The summed E-state index contributed by atoms with van der Waals surface area (Å²) in [7, 11) is 1.64. The number of carbonyl (C=O) groups is 1. The Bertz CT molecular complexity index is 1180. The van der Waals surface area contributed by atoms with Crippen molar-refractivity contribution in [2.75, 3.05) is 30.8 Å². The van der Waals surface area contributed by atoms with Gasteiger partial charge in [0.1, 0.15) is 5.75 Å². The third kappa shape index (κ3) is 4.73. The Morgan fingerprint density at radius 2 is 1.91 bits per heavy atom. The van der Waals surface area contributed by atoms with Crippen LogP contribution in [0.5, 0.6) is 5.75 Å². The van der Waals surface area contributed by atoms with Crippen LogP contribution in [0.4, 0.5) is 23.1 Å². The Hall–Kier alpha value is -3.72. The lowest BCUT2D eigenvalue weighted by atomic mass is 9.98. The molecule has 1 aliphatic rings. The zero-order valence-electron chi connectivity index (χ0n) is 19.4. The van der Waals surface area contributed by atoms with Crippen LogP contribution in [-0.4, -0.2) is 46.2 Å². The lowest BCUT2D eigenvalue weighted by Gasteiger charge is -2.28. The number of aromatic nitrogens is 3. The molecule has 2 heterocycles. The van der Waals surface area contributed by atoms with Crippen LogP contribution in [0.25, 0.3) is 0 Å². The van der Waals surface area contributed by atoms with Crippen LogP contribution < -0.4 is 21.1 Å². The van der Waals surface area contributed by atoms with Crippen molar-refractivity contribution < 1.29 is 9.53 Å². The van der Waals surface area contributed by atoms with Gasteiger partial charge in [0.05, 0.1) is 12.8 Å². The van der Waals surface area contributed by atoms with E-state index >= 15 is 0 Å². The second-order valence-electron chi connectivity index (χ2n) is 8.15. The number of hydrogen-bond acceptors (Lipinski definition) is 8. The Labute approximate surface area is 193 Å². The van der Waals surface area contributed by atoms with Crippen LogP contribution in [0.1, 0.15) is 39.7 Å². The number of likely N-dealkylation sites (N-methyl/N-ethyl adjacent to an activating group) is 1. The van der Waals surface area contributed by atoms with Crippen LogP contribution in [0, 0.1) is 13.8 Å². The number of nitrogens with one attached hydrogen (secondary N) is 2. The highest BCUT2D eigenvalue weighted by atomic mass is 16.5. The summed E-state index contributed by atoms with van der Waals surface area (Å²) in [6.45, 7) is 9.04. The fourth-order valence-corrected chi connectivity index (χ4v) is 4.06. The number of amides is 1. The maximum atomic E-state index is 12.0. The second-order valence-corrected chi connectivity index (χ2v) is 8.15. The minimum Gasteiger partial charge on any atom is -0.495 e. The molecule has 33 heavy (non-hydrogen) atoms. The van der Waals surface area contributed by atoms with Crippen molar-refractivity contribution in [3.8, 4) is 5.75 Å². The third-order valence-corrected chi connectivity index (χ3v) is 5.95. The molecule has 1 aromatic heterocycles. The van der Waals surface area contributed by atoms with E-state index in [0.717, 1.165) is 48.6 Å². The number of nitrogens with zero attached hydrogens (tertiary/aromatic N) is 4. The SMILES string of the molecule is CCN1CCc2cc(OC)c(Nc3nnc(C(N)=O)c(Nc4c(C)cccc4C)n3)cc2C1. The number of methoxy groups -OCH3 is 1. The lowest BCUT2D eigenvalue weighted by Crippen LogP contribution is -2.30. The van der Waals surface area contributed by atoms with Gasteiger partial charge in [-0.15, -0.1) is 10.2 Å². The molecule has 0 aliphatic carbocycles. The summed E-state index contributed by atoms with van der Waals surface area (Å²) in [5.74, 6) is 0.466. The fourth-order valence-electron chi connectivity index (χ4n) is 4.06. The number of carbonyl (C=O) groups excluding carboxylic acids is 1. The average Bonchev–Trinajstić information content (AvgIpc) is 2.80. The van der Waals surface area contributed by atoms with Gasteiger partial charge in [-0.3, -0.25) is 9.69 Å². The summed E-state index contributed by atoms with van der Waals surface area (Å²) in [6.07, 6.45) is 0.981. The molecule has 0 atom stereocenters. The highest BCUT2D eigenvalue weighted by molar-refractivity contribution is 5.96. The average molecular weight is 448 g/mol. The van der Waals surface area contributed by atoms with Gasteiger partial charge in [-0.1, -0.05) is 25.1 Å². The summed E-state index contributed by atoms with van der Waals surface area (Å²) in [4.78, 5) is 18.9. The zero-order valence-corrected chi connectivity index (χ0v) is 19.4. The van der Waals surface area contributed by atoms with E-state index in [-0.39, 0.29) is 17.5 Å². The Balaban J connectivity index is 1.69. The molecule has 4 rings (SSSR count). The summed E-state index contributed by atoms with van der Waals surface area (Å²) >= 11 is 0. The van der Waals surface area contributed by atoms with Gasteiger partial charge >= 0.3 is 0 Å². The van der Waals surface area contributed by atoms with E-state index in [4.69, 9.17) is 10.5 Å². The topological polar surface area (TPSA) is 118 Å².